The van der Waals surface area contributed by atoms with Gasteiger partial charge in [-0.15, -0.1) is 0 Å². The Morgan fingerprint density at radius 2 is 1.77 bits per heavy atom. The third-order valence-electron chi connectivity index (χ3n) is 4.45. The summed E-state index contributed by atoms with van der Waals surface area (Å²) in [6.07, 6.45) is 2.00. The molecular formula is C20H22FN3O2. The summed E-state index contributed by atoms with van der Waals surface area (Å²) in [5.74, 6) is -0.659. The lowest BCUT2D eigenvalue weighted by Gasteiger charge is -2.31. The van der Waals surface area contributed by atoms with Crippen molar-refractivity contribution in [1.29, 1.82) is 0 Å². The summed E-state index contributed by atoms with van der Waals surface area (Å²) in [4.78, 5) is 26.6. The smallest absolute Gasteiger partial charge is 0.321 e. The molecule has 136 valence electrons. The van der Waals surface area contributed by atoms with Crippen LogP contribution in [0.15, 0.2) is 54.6 Å². The summed E-state index contributed by atoms with van der Waals surface area (Å²) in [5, 5.41) is 4.81. The van der Waals surface area contributed by atoms with Gasteiger partial charge in [-0.05, 0) is 36.1 Å². The molecule has 0 unspecified atom stereocenters. The second-order valence-electron chi connectivity index (χ2n) is 6.41. The topological polar surface area (TPSA) is 61.4 Å². The molecule has 2 aromatic carbocycles. The van der Waals surface area contributed by atoms with Crippen molar-refractivity contribution in [1.82, 2.24) is 15.5 Å². The quantitative estimate of drug-likeness (QED) is 0.837. The average Bonchev–Trinajstić information content (AvgIpc) is 3.48. The lowest BCUT2D eigenvalue weighted by atomic mass is 10.0. The molecule has 3 amide bonds. The standard InChI is InChI=1S/C20H22FN3O2/c1-22-20(26)23-19(25)18(15-5-3-2-4-6-15)24(17-11-12-17)13-14-7-9-16(21)10-8-14/h2-10,17-18H,11-13H2,1H3,(H2,22,23,25,26)/t18-/m0/s1. The number of hydrogen-bond acceptors (Lipinski definition) is 3. The van der Waals surface area contributed by atoms with E-state index in [0.29, 0.717) is 6.54 Å². The van der Waals surface area contributed by atoms with Gasteiger partial charge < -0.3 is 5.32 Å². The molecule has 6 heteroatoms. The molecule has 1 fully saturated rings. The van der Waals surface area contributed by atoms with E-state index in [4.69, 9.17) is 0 Å². The Kier molecular flexibility index (Phi) is 5.63. The number of urea groups is 1. The van der Waals surface area contributed by atoms with E-state index in [1.54, 1.807) is 12.1 Å². The van der Waals surface area contributed by atoms with Gasteiger partial charge in [0.1, 0.15) is 11.9 Å². The van der Waals surface area contributed by atoms with Crippen LogP contribution in [-0.2, 0) is 11.3 Å². The highest BCUT2D eigenvalue weighted by molar-refractivity contribution is 5.97. The van der Waals surface area contributed by atoms with Crippen LogP contribution in [-0.4, -0.2) is 29.9 Å². The van der Waals surface area contributed by atoms with Crippen LogP contribution in [0.5, 0.6) is 0 Å². The highest BCUT2D eigenvalue weighted by Crippen LogP contribution is 2.36. The molecule has 0 aromatic heterocycles. The van der Waals surface area contributed by atoms with Crippen LogP contribution in [0.1, 0.15) is 30.0 Å². The lowest BCUT2D eigenvalue weighted by Crippen LogP contribution is -2.46. The van der Waals surface area contributed by atoms with Crippen LogP contribution in [0.3, 0.4) is 0 Å². The van der Waals surface area contributed by atoms with E-state index in [0.717, 1.165) is 24.0 Å². The predicted molar refractivity (Wildman–Crippen MR) is 96.7 cm³/mol. The van der Waals surface area contributed by atoms with Crippen molar-refractivity contribution in [3.63, 3.8) is 0 Å². The predicted octanol–water partition coefficient (Wildman–Crippen LogP) is 2.99. The third kappa shape index (κ3) is 4.46. The van der Waals surface area contributed by atoms with Crippen LogP contribution in [0.2, 0.25) is 0 Å². The van der Waals surface area contributed by atoms with E-state index in [1.165, 1.54) is 19.2 Å². The zero-order valence-electron chi connectivity index (χ0n) is 14.6. The number of carbonyl (C=O) groups is 2. The van der Waals surface area contributed by atoms with Crippen molar-refractivity contribution in [2.45, 2.75) is 31.5 Å². The summed E-state index contributed by atoms with van der Waals surface area (Å²) < 4.78 is 13.2. The summed E-state index contributed by atoms with van der Waals surface area (Å²) in [6, 6.07) is 14.8. The Balaban J connectivity index is 1.90. The molecule has 0 radical (unpaired) electrons. The number of amides is 3. The largest absolute Gasteiger partial charge is 0.341 e. The maximum absolute atomic E-state index is 13.2. The lowest BCUT2D eigenvalue weighted by molar-refractivity contribution is -0.126. The molecular weight excluding hydrogens is 333 g/mol. The molecule has 1 atom stereocenters. The maximum atomic E-state index is 13.2. The van der Waals surface area contributed by atoms with Crippen molar-refractivity contribution >= 4 is 11.9 Å². The SMILES string of the molecule is CNC(=O)NC(=O)[C@H](c1ccccc1)N(Cc1ccc(F)cc1)C1CC1. The molecule has 0 spiro atoms. The van der Waals surface area contributed by atoms with Gasteiger partial charge in [0.25, 0.3) is 0 Å². The van der Waals surface area contributed by atoms with Gasteiger partial charge in [-0.3, -0.25) is 15.0 Å². The van der Waals surface area contributed by atoms with Gasteiger partial charge in [-0.1, -0.05) is 42.5 Å². The highest BCUT2D eigenvalue weighted by Gasteiger charge is 2.38. The normalized spacial score (nSPS) is 14.7. The number of carbonyl (C=O) groups excluding carboxylic acids is 2. The van der Waals surface area contributed by atoms with Crippen molar-refractivity contribution in [2.24, 2.45) is 0 Å². The Hall–Kier alpha value is -2.73. The highest BCUT2D eigenvalue weighted by atomic mass is 19.1. The zero-order valence-corrected chi connectivity index (χ0v) is 14.6. The number of rotatable bonds is 6. The minimum atomic E-state index is -0.592. The van der Waals surface area contributed by atoms with Gasteiger partial charge in [0.05, 0.1) is 0 Å². The first kappa shape index (κ1) is 18.1. The van der Waals surface area contributed by atoms with E-state index >= 15 is 0 Å². The Morgan fingerprint density at radius 3 is 2.35 bits per heavy atom. The first-order valence-electron chi connectivity index (χ1n) is 8.66. The molecule has 3 rings (SSSR count). The van der Waals surface area contributed by atoms with E-state index in [2.05, 4.69) is 15.5 Å². The minimum Gasteiger partial charge on any atom is -0.341 e. The van der Waals surface area contributed by atoms with Crippen molar-refractivity contribution < 1.29 is 14.0 Å². The van der Waals surface area contributed by atoms with Crippen molar-refractivity contribution in [3.8, 4) is 0 Å². The Morgan fingerprint density at radius 1 is 1.12 bits per heavy atom. The Bertz CT molecular complexity index is 760. The number of halogens is 1. The Labute approximate surface area is 152 Å². The first-order valence-corrected chi connectivity index (χ1v) is 8.66. The van der Waals surface area contributed by atoms with E-state index in [1.807, 2.05) is 30.3 Å². The zero-order chi connectivity index (χ0) is 18.5. The number of imide groups is 1. The molecule has 5 nitrogen and oxygen atoms in total. The van der Waals surface area contributed by atoms with Crippen LogP contribution in [0, 0.1) is 5.82 Å². The van der Waals surface area contributed by atoms with Crippen molar-refractivity contribution in [2.75, 3.05) is 7.05 Å². The number of benzene rings is 2. The fourth-order valence-electron chi connectivity index (χ4n) is 3.01. The molecule has 1 aliphatic rings. The molecule has 1 saturated carbocycles. The van der Waals surface area contributed by atoms with Gasteiger partial charge >= 0.3 is 6.03 Å². The molecule has 0 aliphatic heterocycles. The van der Waals surface area contributed by atoms with Gasteiger partial charge in [-0.25, -0.2) is 9.18 Å². The van der Waals surface area contributed by atoms with Crippen LogP contribution in [0.4, 0.5) is 9.18 Å². The second kappa shape index (κ2) is 8.10. The number of hydrogen-bond donors (Lipinski definition) is 2. The van der Waals surface area contributed by atoms with Crippen LogP contribution in [0.25, 0.3) is 0 Å². The van der Waals surface area contributed by atoms with E-state index in [9.17, 15) is 14.0 Å². The molecule has 1 aliphatic carbocycles. The van der Waals surface area contributed by atoms with Gasteiger partial charge in [0, 0.05) is 19.6 Å². The summed E-state index contributed by atoms with van der Waals surface area (Å²) in [6.45, 7) is 0.506. The van der Waals surface area contributed by atoms with E-state index in [-0.39, 0.29) is 17.8 Å². The molecule has 26 heavy (non-hydrogen) atoms. The van der Waals surface area contributed by atoms with Gasteiger partial charge in [0.15, 0.2) is 0 Å². The fourth-order valence-corrected chi connectivity index (χ4v) is 3.01. The average molecular weight is 355 g/mol. The first-order chi connectivity index (χ1) is 12.6. The number of nitrogens with zero attached hydrogens (tertiary/aromatic N) is 1. The number of nitrogens with one attached hydrogen (secondary N) is 2. The van der Waals surface area contributed by atoms with Crippen LogP contribution >= 0.6 is 0 Å². The molecule has 2 N–H and O–H groups in total. The summed E-state index contributed by atoms with van der Waals surface area (Å²) in [7, 11) is 1.47. The molecule has 0 bridgehead atoms. The maximum Gasteiger partial charge on any atom is 0.321 e. The second-order valence-corrected chi connectivity index (χ2v) is 6.41. The van der Waals surface area contributed by atoms with Crippen LogP contribution < -0.4 is 10.6 Å². The van der Waals surface area contributed by atoms with Gasteiger partial charge in [-0.2, -0.15) is 0 Å². The van der Waals surface area contributed by atoms with E-state index < -0.39 is 12.1 Å². The molecule has 2 aromatic rings. The van der Waals surface area contributed by atoms with Crippen molar-refractivity contribution in [3.05, 3.63) is 71.5 Å². The third-order valence-corrected chi connectivity index (χ3v) is 4.45. The monoisotopic (exact) mass is 355 g/mol. The minimum absolute atomic E-state index is 0.265. The molecule has 0 saturated heterocycles. The summed E-state index contributed by atoms with van der Waals surface area (Å²) >= 11 is 0. The summed E-state index contributed by atoms with van der Waals surface area (Å²) in [5.41, 5.74) is 1.75. The fraction of sp³-hybridized carbons (Fsp3) is 0.300. The molecule has 0 heterocycles. The van der Waals surface area contributed by atoms with Gasteiger partial charge in [0.2, 0.25) is 5.91 Å².